The lowest BCUT2D eigenvalue weighted by Crippen LogP contribution is -2.07. The van der Waals surface area contributed by atoms with Gasteiger partial charge < -0.3 is 15.4 Å². The first-order valence-electron chi connectivity index (χ1n) is 11.0. The van der Waals surface area contributed by atoms with Crippen molar-refractivity contribution in [3.63, 3.8) is 0 Å². The Morgan fingerprint density at radius 2 is 1.94 bits per heavy atom. The van der Waals surface area contributed by atoms with Gasteiger partial charge in [-0.2, -0.15) is 10.4 Å². The molecule has 0 bridgehead atoms. The molecule has 0 aliphatic heterocycles. The molecule has 9 nitrogen and oxygen atoms in total. The number of hydrogen-bond acceptors (Lipinski definition) is 7. The Morgan fingerprint density at radius 1 is 1.11 bits per heavy atom. The number of ether oxygens (including phenoxy) is 1. The van der Waals surface area contributed by atoms with E-state index in [9.17, 15) is 10.1 Å². The number of benzene rings is 2. The molecule has 0 aliphatic carbocycles. The number of pyridine rings is 2. The van der Waals surface area contributed by atoms with E-state index in [1.165, 1.54) is 12.3 Å². The van der Waals surface area contributed by atoms with E-state index in [-0.39, 0.29) is 5.91 Å². The number of rotatable bonds is 6. The average Bonchev–Trinajstić information content (AvgIpc) is 3.25. The van der Waals surface area contributed by atoms with Crippen LogP contribution < -0.4 is 15.4 Å². The highest BCUT2D eigenvalue weighted by molar-refractivity contribution is 6.02. The van der Waals surface area contributed by atoms with Crippen molar-refractivity contribution >= 4 is 44.9 Å². The van der Waals surface area contributed by atoms with E-state index >= 15 is 0 Å². The summed E-state index contributed by atoms with van der Waals surface area (Å²) >= 11 is 0. The van der Waals surface area contributed by atoms with Crippen molar-refractivity contribution in [2.45, 2.75) is 6.92 Å². The van der Waals surface area contributed by atoms with Crippen molar-refractivity contribution in [3.05, 3.63) is 84.8 Å². The molecule has 0 spiro atoms. The summed E-state index contributed by atoms with van der Waals surface area (Å²) in [6.07, 6.45) is 6.14. The van der Waals surface area contributed by atoms with Gasteiger partial charge in [0.2, 0.25) is 5.91 Å². The molecular weight excluding hydrogens is 454 g/mol. The molecule has 36 heavy (non-hydrogen) atoms. The van der Waals surface area contributed by atoms with Gasteiger partial charge >= 0.3 is 0 Å². The van der Waals surface area contributed by atoms with Gasteiger partial charge in [-0.05, 0) is 61.0 Å². The van der Waals surface area contributed by atoms with E-state index in [0.717, 1.165) is 22.3 Å². The first-order chi connectivity index (χ1) is 17.4. The van der Waals surface area contributed by atoms with Crippen molar-refractivity contribution in [1.82, 2.24) is 19.7 Å². The average molecular weight is 476 g/mol. The largest absolute Gasteiger partial charge is 0.455 e. The van der Waals surface area contributed by atoms with Crippen LogP contribution in [0.2, 0.25) is 0 Å². The van der Waals surface area contributed by atoms with Crippen molar-refractivity contribution in [1.29, 1.82) is 5.26 Å². The summed E-state index contributed by atoms with van der Waals surface area (Å²) in [6, 6.07) is 15.1. The fourth-order valence-electron chi connectivity index (χ4n) is 3.88. The Kier molecular flexibility index (Phi) is 5.76. The predicted molar refractivity (Wildman–Crippen MR) is 138 cm³/mol. The minimum atomic E-state index is -0.322. The lowest BCUT2D eigenvalue weighted by atomic mass is 10.1. The second-order valence-corrected chi connectivity index (χ2v) is 8.14. The first kappa shape index (κ1) is 22.6. The molecule has 0 saturated carbocycles. The van der Waals surface area contributed by atoms with Crippen molar-refractivity contribution < 1.29 is 9.53 Å². The summed E-state index contributed by atoms with van der Waals surface area (Å²) in [5.74, 6) is 0.970. The molecule has 176 valence electrons. The number of carbonyl (C=O) groups is 1. The molecule has 2 aromatic carbocycles. The topological polar surface area (TPSA) is 118 Å². The minimum absolute atomic E-state index is 0.322. The van der Waals surface area contributed by atoms with Gasteiger partial charge in [0.25, 0.3) is 0 Å². The zero-order valence-corrected chi connectivity index (χ0v) is 19.6. The molecular formula is C27H21N7O2. The number of nitrogens with zero attached hydrogens (tertiary/aromatic N) is 5. The predicted octanol–water partition coefficient (Wildman–Crippen LogP) is 5.36. The minimum Gasteiger partial charge on any atom is -0.455 e. The monoisotopic (exact) mass is 475 g/mol. The van der Waals surface area contributed by atoms with Crippen LogP contribution in [0.4, 0.5) is 17.1 Å². The number of nitrogens with one attached hydrogen (secondary N) is 2. The van der Waals surface area contributed by atoms with E-state index in [0.29, 0.717) is 39.3 Å². The molecule has 2 N–H and O–H groups in total. The number of aromatic nitrogens is 4. The van der Waals surface area contributed by atoms with E-state index in [2.05, 4.69) is 38.3 Å². The molecule has 0 unspecified atom stereocenters. The summed E-state index contributed by atoms with van der Waals surface area (Å²) in [4.78, 5) is 20.5. The lowest BCUT2D eigenvalue weighted by Gasteiger charge is -2.15. The molecule has 0 atom stereocenters. The van der Waals surface area contributed by atoms with Crippen molar-refractivity contribution in [2.24, 2.45) is 7.05 Å². The van der Waals surface area contributed by atoms with Gasteiger partial charge in [-0.25, -0.2) is 4.98 Å². The fraction of sp³-hybridized carbons (Fsp3) is 0.0741. The van der Waals surface area contributed by atoms with E-state index in [1.807, 2.05) is 38.2 Å². The molecule has 5 rings (SSSR count). The Bertz CT molecular complexity index is 1700. The molecule has 1 amide bonds. The van der Waals surface area contributed by atoms with Crippen molar-refractivity contribution in [3.8, 4) is 17.6 Å². The molecule has 0 radical (unpaired) electrons. The first-order valence-corrected chi connectivity index (χ1v) is 11.0. The second kappa shape index (κ2) is 9.19. The Balaban J connectivity index is 1.45. The molecule has 0 fully saturated rings. The highest BCUT2D eigenvalue weighted by Gasteiger charge is 2.12. The summed E-state index contributed by atoms with van der Waals surface area (Å²) in [7, 11) is 1.84. The summed E-state index contributed by atoms with van der Waals surface area (Å²) in [5.41, 5.74) is 4.67. The maximum atomic E-state index is 11.7. The Morgan fingerprint density at radius 3 is 2.72 bits per heavy atom. The molecule has 5 aromatic rings. The van der Waals surface area contributed by atoms with Gasteiger partial charge in [0.15, 0.2) is 5.65 Å². The highest BCUT2D eigenvalue weighted by Crippen LogP contribution is 2.33. The maximum Gasteiger partial charge on any atom is 0.247 e. The SMILES string of the molecule is C=CC(=O)Nc1ccc2ncc(C#N)c(Nc3ccc(Oc4cnc5c(cnn5C)c4)c(C)c3)c2c1. The van der Waals surface area contributed by atoms with Crippen LogP contribution in [-0.2, 0) is 11.8 Å². The van der Waals surface area contributed by atoms with Crippen LogP contribution in [0.25, 0.3) is 21.9 Å². The Labute approximate surface area is 206 Å². The van der Waals surface area contributed by atoms with Gasteiger partial charge in [0.1, 0.15) is 17.6 Å². The lowest BCUT2D eigenvalue weighted by molar-refractivity contribution is -0.111. The zero-order valence-electron chi connectivity index (χ0n) is 19.6. The number of aryl methyl sites for hydroxylation is 2. The van der Waals surface area contributed by atoms with Crippen LogP contribution in [0.1, 0.15) is 11.1 Å². The smallest absolute Gasteiger partial charge is 0.247 e. The summed E-state index contributed by atoms with van der Waals surface area (Å²) in [5, 5.41) is 21.6. The Hall–Kier alpha value is -5.23. The summed E-state index contributed by atoms with van der Waals surface area (Å²) in [6.45, 7) is 5.42. The maximum absolute atomic E-state index is 11.7. The third-order valence-corrected chi connectivity index (χ3v) is 5.66. The highest BCUT2D eigenvalue weighted by atomic mass is 16.5. The van der Waals surface area contributed by atoms with Crippen LogP contribution in [0.3, 0.4) is 0 Å². The molecule has 3 aromatic heterocycles. The van der Waals surface area contributed by atoms with Crippen LogP contribution in [-0.4, -0.2) is 25.7 Å². The van der Waals surface area contributed by atoms with Crippen molar-refractivity contribution in [2.75, 3.05) is 10.6 Å². The number of carbonyl (C=O) groups excluding carboxylic acids is 1. The van der Waals surface area contributed by atoms with E-state index < -0.39 is 0 Å². The van der Waals surface area contributed by atoms with Gasteiger partial charge in [-0.3, -0.25) is 14.5 Å². The van der Waals surface area contributed by atoms with Crippen LogP contribution >= 0.6 is 0 Å². The number of nitriles is 1. The number of fused-ring (bicyclic) bond motifs is 2. The van der Waals surface area contributed by atoms with Gasteiger partial charge in [-0.1, -0.05) is 6.58 Å². The third-order valence-electron chi connectivity index (χ3n) is 5.66. The number of amides is 1. The standard InChI is InChI=1S/C27H21N7O2/c1-4-25(35)32-20-5-7-23-22(11-20)26(18(12-28)13-29-23)33-19-6-8-24(16(2)9-19)36-21-10-17-14-31-34(3)27(17)30-15-21/h4-11,13-15H,1H2,2-3H3,(H,29,33)(H,32,35). The van der Waals surface area contributed by atoms with Crippen LogP contribution in [0.5, 0.6) is 11.5 Å². The number of anilines is 3. The third kappa shape index (κ3) is 4.31. The molecule has 0 aliphatic rings. The molecule has 0 saturated heterocycles. The van der Waals surface area contributed by atoms with Gasteiger partial charge in [0.05, 0.1) is 29.2 Å². The van der Waals surface area contributed by atoms with Crippen LogP contribution in [0.15, 0.2) is 73.7 Å². The second-order valence-electron chi connectivity index (χ2n) is 8.14. The normalized spacial score (nSPS) is 10.7. The summed E-state index contributed by atoms with van der Waals surface area (Å²) < 4.78 is 7.78. The van der Waals surface area contributed by atoms with Gasteiger partial charge in [-0.15, -0.1) is 0 Å². The number of hydrogen-bond donors (Lipinski definition) is 2. The fourth-order valence-corrected chi connectivity index (χ4v) is 3.88. The van der Waals surface area contributed by atoms with E-state index in [1.54, 1.807) is 35.3 Å². The quantitative estimate of drug-likeness (QED) is 0.318. The van der Waals surface area contributed by atoms with Gasteiger partial charge in [0, 0.05) is 35.4 Å². The van der Waals surface area contributed by atoms with E-state index in [4.69, 9.17) is 4.74 Å². The zero-order chi connectivity index (χ0) is 25.2. The molecule has 9 heteroatoms. The van der Waals surface area contributed by atoms with Crippen LogP contribution in [0, 0.1) is 18.3 Å². The molecule has 3 heterocycles.